The molecule has 108 valence electrons. The van der Waals surface area contributed by atoms with Gasteiger partial charge in [0.05, 0.1) is 29.0 Å². The summed E-state index contributed by atoms with van der Waals surface area (Å²) in [5, 5.41) is 3.60. The van der Waals surface area contributed by atoms with E-state index in [1.807, 2.05) is 30.5 Å². The molecule has 2 aromatic rings. The average Bonchev–Trinajstić information content (AvgIpc) is 2.46. The molecule has 1 aromatic carbocycles. The highest BCUT2D eigenvalue weighted by Crippen LogP contribution is 2.20. The van der Waals surface area contributed by atoms with Gasteiger partial charge in [-0.3, -0.25) is 4.98 Å². The summed E-state index contributed by atoms with van der Waals surface area (Å²) in [5.41, 5.74) is 3.02. The molecule has 0 radical (unpaired) electrons. The van der Waals surface area contributed by atoms with E-state index in [1.165, 1.54) is 6.42 Å². The number of aromatic nitrogens is 2. The summed E-state index contributed by atoms with van der Waals surface area (Å²) in [4.78, 5) is 9.32. The van der Waals surface area contributed by atoms with Crippen molar-refractivity contribution < 1.29 is 0 Å². The third kappa shape index (κ3) is 4.01. The fourth-order valence-electron chi connectivity index (χ4n) is 2.31. The molecule has 1 heterocycles. The Hall–Kier alpha value is -1.48. The highest BCUT2D eigenvalue weighted by molar-refractivity contribution is 5.73. The van der Waals surface area contributed by atoms with Gasteiger partial charge in [0.15, 0.2) is 0 Å². The van der Waals surface area contributed by atoms with Crippen LogP contribution in [0.15, 0.2) is 30.5 Å². The number of para-hydroxylation sites is 2. The first-order valence-corrected chi connectivity index (χ1v) is 7.65. The second-order valence-corrected chi connectivity index (χ2v) is 5.76. The topological polar surface area (TPSA) is 37.8 Å². The molecule has 20 heavy (non-hydrogen) atoms. The average molecular weight is 271 g/mol. The Labute approximate surface area is 121 Å². The molecule has 0 aliphatic rings. The number of hydrogen-bond donors (Lipinski definition) is 1. The Bertz CT molecular complexity index is 537. The predicted octanol–water partition coefficient (Wildman–Crippen LogP) is 4.11. The smallest absolute Gasteiger partial charge is 0.0890 e. The van der Waals surface area contributed by atoms with Crippen LogP contribution in [0.1, 0.15) is 51.8 Å². The molecule has 0 saturated carbocycles. The molecule has 0 saturated heterocycles. The van der Waals surface area contributed by atoms with Crippen LogP contribution in [0.2, 0.25) is 0 Å². The van der Waals surface area contributed by atoms with Gasteiger partial charge in [-0.05, 0) is 43.9 Å². The molecule has 1 aromatic heterocycles. The summed E-state index contributed by atoms with van der Waals surface area (Å²) >= 11 is 0. The van der Waals surface area contributed by atoms with Crippen LogP contribution >= 0.6 is 0 Å². The van der Waals surface area contributed by atoms with Crippen molar-refractivity contribution in [3.8, 4) is 0 Å². The number of rotatable bonds is 7. The number of fused-ring (bicyclic) bond motifs is 1. The van der Waals surface area contributed by atoms with Crippen molar-refractivity contribution in [1.82, 2.24) is 15.3 Å². The van der Waals surface area contributed by atoms with Crippen molar-refractivity contribution in [3.63, 3.8) is 0 Å². The van der Waals surface area contributed by atoms with E-state index in [0.29, 0.717) is 12.0 Å². The quantitative estimate of drug-likeness (QED) is 0.823. The van der Waals surface area contributed by atoms with E-state index < -0.39 is 0 Å². The van der Waals surface area contributed by atoms with Crippen LogP contribution < -0.4 is 5.32 Å². The van der Waals surface area contributed by atoms with Gasteiger partial charge in [-0.2, -0.15) is 0 Å². The van der Waals surface area contributed by atoms with E-state index in [4.69, 9.17) is 4.98 Å². The summed E-state index contributed by atoms with van der Waals surface area (Å²) in [6.07, 6.45) is 5.38. The Morgan fingerprint density at radius 3 is 2.55 bits per heavy atom. The fourth-order valence-corrected chi connectivity index (χ4v) is 2.31. The molecule has 0 bridgehead atoms. The van der Waals surface area contributed by atoms with Crippen molar-refractivity contribution in [3.05, 3.63) is 36.2 Å². The van der Waals surface area contributed by atoms with Crippen LogP contribution in [0, 0.1) is 5.92 Å². The van der Waals surface area contributed by atoms with Crippen LogP contribution in [-0.2, 0) is 0 Å². The molecule has 1 atom stereocenters. The molecule has 1 N–H and O–H groups in total. The van der Waals surface area contributed by atoms with Gasteiger partial charge >= 0.3 is 0 Å². The van der Waals surface area contributed by atoms with Gasteiger partial charge in [0.25, 0.3) is 0 Å². The first-order valence-electron chi connectivity index (χ1n) is 7.65. The third-order valence-corrected chi connectivity index (χ3v) is 3.50. The standard InChI is InChI=1S/C17H25N3/c1-4-11-18-15(10-9-13(2)3)17-12-19-14-7-5-6-8-16(14)20-17/h5-8,12-13,15,18H,4,9-11H2,1-3H3. The van der Waals surface area contributed by atoms with Crippen LogP contribution in [0.4, 0.5) is 0 Å². The lowest BCUT2D eigenvalue weighted by Crippen LogP contribution is -2.23. The molecule has 3 nitrogen and oxygen atoms in total. The van der Waals surface area contributed by atoms with E-state index >= 15 is 0 Å². The number of nitrogens with zero attached hydrogens (tertiary/aromatic N) is 2. The first-order chi connectivity index (χ1) is 9.70. The Morgan fingerprint density at radius 1 is 1.10 bits per heavy atom. The van der Waals surface area contributed by atoms with E-state index in [2.05, 4.69) is 31.1 Å². The molecule has 2 rings (SSSR count). The van der Waals surface area contributed by atoms with Gasteiger partial charge in [0, 0.05) is 0 Å². The summed E-state index contributed by atoms with van der Waals surface area (Å²) in [7, 11) is 0. The molecule has 0 aliphatic carbocycles. The second-order valence-electron chi connectivity index (χ2n) is 5.76. The lowest BCUT2D eigenvalue weighted by Gasteiger charge is -2.19. The normalized spacial score (nSPS) is 13.0. The van der Waals surface area contributed by atoms with E-state index in [-0.39, 0.29) is 0 Å². The monoisotopic (exact) mass is 271 g/mol. The molecule has 0 fully saturated rings. The lowest BCUT2D eigenvalue weighted by atomic mass is 10.0. The van der Waals surface area contributed by atoms with Crippen molar-refractivity contribution in [2.24, 2.45) is 5.92 Å². The summed E-state index contributed by atoms with van der Waals surface area (Å²) < 4.78 is 0. The predicted molar refractivity (Wildman–Crippen MR) is 84.6 cm³/mol. The summed E-state index contributed by atoms with van der Waals surface area (Å²) in [5.74, 6) is 0.717. The van der Waals surface area contributed by atoms with Crippen molar-refractivity contribution in [2.45, 2.75) is 46.1 Å². The van der Waals surface area contributed by atoms with Crippen molar-refractivity contribution in [1.29, 1.82) is 0 Å². The van der Waals surface area contributed by atoms with Crippen molar-refractivity contribution in [2.75, 3.05) is 6.54 Å². The van der Waals surface area contributed by atoms with Crippen LogP contribution in [0.5, 0.6) is 0 Å². The highest BCUT2D eigenvalue weighted by atomic mass is 14.9. The number of hydrogen-bond acceptors (Lipinski definition) is 3. The molecule has 0 spiro atoms. The maximum Gasteiger partial charge on any atom is 0.0890 e. The van der Waals surface area contributed by atoms with Gasteiger partial charge in [0.1, 0.15) is 0 Å². The van der Waals surface area contributed by atoms with E-state index in [1.54, 1.807) is 0 Å². The highest BCUT2D eigenvalue weighted by Gasteiger charge is 2.13. The van der Waals surface area contributed by atoms with Gasteiger partial charge in [-0.25, -0.2) is 4.98 Å². The fraction of sp³-hybridized carbons (Fsp3) is 0.529. The minimum atomic E-state index is 0.314. The molecule has 0 aliphatic heterocycles. The molecule has 0 amide bonds. The molecular formula is C17H25N3. The SMILES string of the molecule is CCCNC(CCC(C)C)c1cnc2ccccc2n1. The van der Waals surface area contributed by atoms with E-state index in [0.717, 1.165) is 36.1 Å². The van der Waals surface area contributed by atoms with Gasteiger partial charge < -0.3 is 5.32 Å². The maximum absolute atomic E-state index is 4.78. The Balaban J connectivity index is 2.19. The lowest BCUT2D eigenvalue weighted by molar-refractivity contribution is 0.434. The molecule has 3 heteroatoms. The largest absolute Gasteiger partial charge is 0.309 e. The molecule has 1 unspecified atom stereocenters. The minimum absolute atomic E-state index is 0.314. The van der Waals surface area contributed by atoms with Crippen LogP contribution in [-0.4, -0.2) is 16.5 Å². The van der Waals surface area contributed by atoms with Crippen LogP contribution in [0.25, 0.3) is 11.0 Å². The number of nitrogens with one attached hydrogen (secondary N) is 1. The van der Waals surface area contributed by atoms with Gasteiger partial charge in [-0.15, -0.1) is 0 Å². The maximum atomic E-state index is 4.78. The Morgan fingerprint density at radius 2 is 1.85 bits per heavy atom. The minimum Gasteiger partial charge on any atom is -0.309 e. The molecular weight excluding hydrogens is 246 g/mol. The second kappa shape index (κ2) is 7.34. The van der Waals surface area contributed by atoms with E-state index in [9.17, 15) is 0 Å². The van der Waals surface area contributed by atoms with Gasteiger partial charge in [-0.1, -0.05) is 32.9 Å². The zero-order valence-electron chi connectivity index (χ0n) is 12.8. The summed E-state index contributed by atoms with van der Waals surface area (Å²) in [6, 6.07) is 8.38. The summed E-state index contributed by atoms with van der Waals surface area (Å²) in [6.45, 7) is 7.75. The first kappa shape index (κ1) is 14.9. The van der Waals surface area contributed by atoms with Crippen molar-refractivity contribution >= 4 is 11.0 Å². The van der Waals surface area contributed by atoms with Gasteiger partial charge in [0.2, 0.25) is 0 Å². The third-order valence-electron chi connectivity index (χ3n) is 3.50. The number of benzene rings is 1. The zero-order valence-corrected chi connectivity index (χ0v) is 12.8. The zero-order chi connectivity index (χ0) is 14.4. The van der Waals surface area contributed by atoms with Crippen LogP contribution in [0.3, 0.4) is 0 Å². The Kier molecular flexibility index (Phi) is 5.48.